The van der Waals surface area contributed by atoms with Crippen molar-refractivity contribution in [3.05, 3.63) is 197 Å². The molecule has 0 saturated carbocycles. The van der Waals surface area contributed by atoms with Gasteiger partial charge in [-0.2, -0.15) is 0 Å². The zero-order chi connectivity index (χ0) is 40.6. The molecule has 1 aliphatic carbocycles. The highest BCUT2D eigenvalue weighted by atomic mass is 14.8. The lowest BCUT2D eigenvalue weighted by atomic mass is 9.96. The van der Waals surface area contributed by atoms with Crippen molar-refractivity contribution in [1.82, 2.24) is 15.0 Å². The summed E-state index contributed by atoms with van der Waals surface area (Å²) in [6, 6.07) is 51.7. The van der Waals surface area contributed by atoms with E-state index >= 15 is 0 Å². The Kier molecular flexibility index (Phi) is 12.0. The molecule has 0 bridgehead atoms. The summed E-state index contributed by atoms with van der Waals surface area (Å²) in [6.45, 7) is 10.4. The predicted molar refractivity (Wildman–Crippen MR) is 248 cm³/mol. The summed E-state index contributed by atoms with van der Waals surface area (Å²) in [7, 11) is 0. The fourth-order valence-corrected chi connectivity index (χ4v) is 7.15. The first kappa shape index (κ1) is 39.1. The molecule has 3 aromatic heterocycles. The molecule has 0 aliphatic heterocycles. The van der Waals surface area contributed by atoms with Crippen LogP contribution < -0.4 is 0 Å². The second kappa shape index (κ2) is 17.8. The van der Waals surface area contributed by atoms with Gasteiger partial charge in [0.25, 0.3) is 0 Å². The van der Waals surface area contributed by atoms with Crippen molar-refractivity contribution >= 4 is 33.5 Å². The third-order valence-corrected chi connectivity index (χ3v) is 10.5. The van der Waals surface area contributed by atoms with Gasteiger partial charge in [0.1, 0.15) is 0 Å². The molecule has 9 rings (SSSR count). The third kappa shape index (κ3) is 8.48. The van der Waals surface area contributed by atoms with Gasteiger partial charge in [-0.15, -0.1) is 12.8 Å². The summed E-state index contributed by atoms with van der Waals surface area (Å²) >= 11 is 0. The van der Waals surface area contributed by atoms with Crippen LogP contribution in [0.25, 0.3) is 78.4 Å². The average Bonchev–Trinajstić information content (AvgIpc) is 3.29. The summed E-state index contributed by atoms with van der Waals surface area (Å²) in [5.41, 5.74) is 19.0. The average molecular weight is 750 g/mol. The van der Waals surface area contributed by atoms with Crippen LogP contribution in [0.5, 0.6) is 0 Å². The number of fused-ring (bicyclic) bond motifs is 4. The molecule has 3 heterocycles. The van der Waals surface area contributed by atoms with Crippen LogP contribution in [0, 0.1) is 26.7 Å². The SMILES string of the molecule is C#C.C/C(=C\C=C1\C=Cc2ccc(-c3ccc(C)cc3)nc2C1)c1ccc(-c2ccc(-c3ccc4ccc5ccc(-c6ccc(C)cc6)nc5c4n3)cc2)cc1.CC. The van der Waals surface area contributed by atoms with Gasteiger partial charge < -0.3 is 0 Å². The quantitative estimate of drug-likeness (QED) is 0.125. The van der Waals surface area contributed by atoms with Gasteiger partial charge >= 0.3 is 0 Å². The second-order valence-corrected chi connectivity index (χ2v) is 14.3. The van der Waals surface area contributed by atoms with E-state index in [-0.39, 0.29) is 0 Å². The molecular formula is C55H47N3. The standard InChI is InChI=1S/C51H39N3.C2H6.C2H2/c1-33-4-11-40(12-5-33)46-29-26-43-15-10-36(32-49(43)52-46)9-8-35(3)37-16-18-38(19-17-37)39-20-22-42(23-21-39)48-31-28-45-25-24-44-27-30-47(53-50(44)51(45)54-48)41-13-6-34(2)7-14-41;2*1-2/h4-31H,32H2,1-3H3;1-2H3;1-2H/b35-8+,36-9-;;. The number of hydrogen-bond acceptors (Lipinski definition) is 3. The van der Waals surface area contributed by atoms with Crippen LogP contribution in [-0.2, 0) is 6.42 Å². The van der Waals surface area contributed by atoms with Crippen LogP contribution in [0.4, 0.5) is 0 Å². The summed E-state index contributed by atoms with van der Waals surface area (Å²) in [5, 5.41) is 2.17. The van der Waals surface area contributed by atoms with E-state index in [0.717, 1.165) is 67.7 Å². The molecular weight excluding hydrogens is 703 g/mol. The molecule has 0 amide bonds. The molecule has 3 nitrogen and oxygen atoms in total. The molecule has 0 N–H and O–H groups in total. The highest BCUT2D eigenvalue weighted by Crippen LogP contribution is 2.31. The highest BCUT2D eigenvalue weighted by Gasteiger charge is 2.12. The van der Waals surface area contributed by atoms with Crippen molar-refractivity contribution in [2.45, 2.75) is 41.0 Å². The summed E-state index contributed by atoms with van der Waals surface area (Å²) < 4.78 is 0. The Morgan fingerprint density at radius 1 is 0.483 bits per heavy atom. The van der Waals surface area contributed by atoms with Gasteiger partial charge in [-0.3, -0.25) is 4.98 Å². The van der Waals surface area contributed by atoms with Crippen molar-refractivity contribution in [3.8, 4) is 57.7 Å². The normalized spacial score (nSPS) is 12.7. The maximum atomic E-state index is 5.16. The Balaban J connectivity index is 0.00000124. The second-order valence-electron chi connectivity index (χ2n) is 14.3. The number of benzene rings is 5. The largest absolute Gasteiger partial charge is 0.252 e. The maximum absolute atomic E-state index is 5.16. The zero-order valence-corrected chi connectivity index (χ0v) is 33.9. The van der Waals surface area contributed by atoms with E-state index in [1.807, 2.05) is 13.8 Å². The smallest absolute Gasteiger partial charge is 0.0972 e. The Morgan fingerprint density at radius 3 is 1.41 bits per heavy atom. The maximum Gasteiger partial charge on any atom is 0.0972 e. The first-order valence-corrected chi connectivity index (χ1v) is 19.9. The fraction of sp³-hybridized carbons (Fsp3) is 0.109. The van der Waals surface area contributed by atoms with Crippen molar-refractivity contribution in [1.29, 1.82) is 0 Å². The van der Waals surface area contributed by atoms with E-state index in [2.05, 4.69) is 204 Å². The molecule has 0 radical (unpaired) electrons. The lowest BCUT2D eigenvalue weighted by Crippen LogP contribution is -2.01. The molecule has 8 aromatic rings. The number of rotatable bonds is 6. The Morgan fingerprint density at radius 2 is 0.897 bits per heavy atom. The van der Waals surface area contributed by atoms with Crippen molar-refractivity contribution in [3.63, 3.8) is 0 Å². The summed E-state index contributed by atoms with van der Waals surface area (Å²) in [5.74, 6) is 0. The van der Waals surface area contributed by atoms with E-state index in [4.69, 9.17) is 15.0 Å². The Bertz CT molecular complexity index is 2820. The van der Waals surface area contributed by atoms with E-state index in [1.165, 1.54) is 44.5 Å². The number of hydrogen-bond donors (Lipinski definition) is 0. The molecule has 1 aliphatic rings. The molecule has 0 saturated heterocycles. The number of pyridine rings is 3. The van der Waals surface area contributed by atoms with Gasteiger partial charge in [-0.25, -0.2) is 9.97 Å². The van der Waals surface area contributed by atoms with Gasteiger partial charge in [-0.05, 0) is 72.4 Å². The molecule has 58 heavy (non-hydrogen) atoms. The van der Waals surface area contributed by atoms with Crippen molar-refractivity contribution in [2.24, 2.45) is 0 Å². The summed E-state index contributed by atoms with van der Waals surface area (Å²) in [4.78, 5) is 15.3. The van der Waals surface area contributed by atoms with Crippen LogP contribution in [0.3, 0.4) is 0 Å². The van der Waals surface area contributed by atoms with Crippen molar-refractivity contribution in [2.75, 3.05) is 0 Å². The molecule has 3 heteroatoms. The monoisotopic (exact) mass is 749 g/mol. The molecule has 0 atom stereocenters. The Labute approximate surface area is 343 Å². The minimum atomic E-state index is 0.821. The lowest BCUT2D eigenvalue weighted by Gasteiger charge is -2.14. The first-order chi connectivity index (χ1) is 28.4. The minimum absolute atomic E-state index is 0.821. The van der Waals surface area contributed by atoms with Crippen LogP contribution in [-0.4, -0.2) is 15.0 Å². The number of aromatic nitrogens is 3. The van der Waals surface area contributed by atoms with Crippen LogP contribution in [0.2, 0.25) is 0 Å². The van der Waals surface area contributed by atoms with E-state index in [1.54, 1.807) is 0 Å². The molecule has 0 unspecified atom stereocenters. The topological polar surface area (TPSA) is 38.7 Å². The zero-order valence-electron chi connectivity index (χ0n) is 33.9. The van der Waals surface area contributed by atoms with Gasteiger partial charge in [0, 0.05) is 33.9 Å². The lowest BCUT2D eigenvalue weighted by molar-refractivity contribution is 1.06. The van der Waals surface area contributed by atoms with Gasteiger partial charge in [0.2, 0.25) is 0 Å². The molecule has 5 aromatic carbocycles. The van der Waals surface area contributed by atoms with Crippen LogP contribution >= 0.6 is 0 Å². The third-order valence-electron chi connectivity index (χ3n) is 10.5. The summed E-state index contributed by atoms with van der Waals surface area (Å²) in [6.07, 6.45) is 17.7. The van der Waals surface area contributed by atoms with Gasteiger partial charge in [0.05, 0.1) is 33.8 Å². The number of terminal acetylenes is 1. The van der Waals surface area contributed by atoms with E-state index in [9.17, 15) is 0 Å². The highest BCUT2D eigenvalue weighted by molar-refractivity contribution is 6.04. The molecule has 0 fully saturated rings. The Hall–Kier alpha value is -7.15. The van der Waals surface area contributed by atoms with Gasteiger partial charge in [0.15, 0.2) is 0 Å². The molecule has 0 spiro atoms. The number of allylic oxidation sites excluding steroid dienone is 5. The minimum Gasteiger partial charge on any atom is -0.252 e. The fourth-order valence-electron chi connectivity index (χ4n) is 7.15. The van der Waals surface area contributed by atoms with E-state index in [0.29, 0.717) is 0 Å². The van der Waals surface area contributed by atoms with E-state index < -0.39 is 0 Å². The van der Waals surface area contributed by atoms with Crippen LogP contribution in [0.15, 0.2) is 169 Å². The molecule has 282 valence electrons. The first-order valence-electron chi connectivity index (χ1n) is 19.9. The van der Waals surface area contributed by atoms with Crippen LogP contribution in [0.1, 0.15) is 48.7 Å². The van der Waals surface area contributed by atoms with Crippen molar-refractivity contribution < 1.29 is 0 Å². The van der Waals surface area contributed by atoms with Gasteiger partial charge in [-0.1, -0.05) is 177 Å². The predicted octanol–water partition coefficient (Wildman–Crippen LogP) is 14.3. The number of nitrogens with zero attached hydrogens (tertiary/aromatic N) is 3. The number of aryl methyl sites for hydroxylation is 2.